The van der Waals surface area contributed by atoms with Crippen molar-refractivity contribution in [2.45, 2.75) is 19.4 Å². The maximum atomic E-state index is 11.6. The van der Waals surface area contributed by atoms with E-state index in [-0.39, 0.29) is 17.3 Å². The van der Waals surface area contributed by atoms with Crippen molar-refractivity contribution in [3.05, 3.63) is 62.1 Å². The van der Waals surface area contributed by atoms with Crippen LogP contribution in [0.2, 0.25) is 0 Å². The average Bonchev–Trinajstić information content (AvgIpc) is 2.98. The number of aromatic amines is 2. The Morgan fingerprint density at radius 2 is 1.88 bits per heavy atom. The molecule has 0 spiro atoms. The number of carbonyl (C=O) groups is 1. The molecule has 0 fully saturated rings. The maximum Gasteiger partial charge on any atom is 0.323 e. The minimum absolute atomic E-state index is 0.0315. The van der Waals surface area contributed by atoms with E-state index < -0.39 is 4.92 Å². The van der Waals surface area contributed by atoms with Gasteiger partial charge in [-0.3, -0.25) is 14.9 Å². The minimum Gasteiger partial charge on any atom is -0.375 e. The third-order valence-electron chi connectivity index (χ3n) is 4.38. The van der Waals surface area contributed by atoms with Crippen molar-refractivity contribution in [3.63, 3.8) is 0 Å². The molecule has 2 heterocycles. The highest BCUT2D eigenvalue weighted by molar-refractivity contribution is 5.95. The molecule has 1 aliphatic heterocycles. The van der Waals surface area contributed by atoms with Crippen LogP contribution >= 0.6 is 0 Å². The first-order chi connectivity index (χ1) is 12.5. The molecule has 4 N–H and O–H groups in total. The fourth-order valence-electron chi connectivity index (χ4n) is 3.10. The van der Waals surface area contributed by atoms with Crippen molar-refractivity contribution in [1.82, 2.24) is 9.97 Å². The van der Waals surface area contributed by atoms with Crippen LogP contribution in [0.15, 0.2) is 35.1 Å². The zero-order valence-electron chi connectivity index (χ0n) is 13.6. The lowest BCUT2D eigenvalue weighted by Crippen LogP contribution is -2.19. The summed E-state index contributed by atoms with van der Waals surface area (Å²) in [5.41, 5.74) is 3.58. The zero-order chi connectivity index (χ0) is 18.3. The fourth-order valence-corrected chi connectivity index (χ4v) is 3.10. The number of hydrogen-bond donors (Lipinski definition) is 4. The molecule has 1 amide bonds. The second kappa shape index (κ2) is 6.03. The first-order valence-corrected chi connectivity index (χ1v) is 8.05. The van der Waals surface area contributed by atoms with Gasteiger partial charge in [0.25, 0.3) is 5.69 Å². The smallest absolute Gasteiger partial charge is 0.323 e. The van der Waals surface area contributed by atoms with Gasteiger partial charge in [-0.2, -0.15) is 0 Å². The van der Waals surface area contributed by atoms with E-state index in [0.717, 1.165) is 11.1 Å². The normalized spacial score (nSPS) is 13.3. The topological polar surface area (TPSA) is 133 Å². The van der Waals surface area contributed by atoms with Gasteiger partial charge in [-0.1, -0.05) is 6.07 Å². The van der Waals surface area contributed by atoms with E-state index in [9.17, 15) is 19.7 Å². The SMILES string of the molecule is O=C1CCc2cc([N+](=O)[O-])c(NCc3ccc4[nH]c(=O)[nH]c4c3)cc2N1. The summed E-state index contributed by atoms with van der Waals surface area (Å²) in [5.74, 6) is -0.0980. The summed E-state index contributed by atoms with van der Waals surface area (Å²) in [6.45, 7) is 0.330. The van der Waals surface area contributed by atoms with Gasteiger partial charge in [0.2, 0.25) is 5.91 Å². The lowest BCUT2D eigenvalue weighted by Gasteiger charge is -2.18. The zero-order valence-corrected chi connectivity index (χ0v) is 13.6. The van der Waals surface area contributed by atoms with Gasteiger partial charge in [0, 0.05) is 24.7 Å². The van der Waals surface area contributed by atoms with Crippen molar-refractivity contribution < 1.29 is 9.72 Å². The number of hydrogen-bond acceptors (Lipinski definition) is 5. The van der Waals surface area contributed by atoms with E-state index in [1.165, 1.54) is 6.07 Å². The molecule has 0 aliphatic carbocycles. The van der Waals surface area contributed by atoms with Crippen molar-refractivity contribution >= 4 is 34.0 Å². The van der Waals surface area contributed by atoms with Gasteiger partial charge < -0.3 is 20.6 Å². The van der Waals surface area contributed by atoms with Crippen LogP contribution in [0.1, 0.15) is 17.5 Å². The number of imidazole rings is 1. The number of aromatic nitrogens is 2. The van der Waals surface area contributed by atoms with E-state index in [4.69, 9.17) is 0 Å². The molecule has 0 radical (unpaired) electrons. The predicted molar refractivity (Wildman–Crippen MR) is 96.3 cm³/mol. The maximum absolute atomic E-state index is 11.6. The number of nitro groups is 1. The largest absolute Gasteiger partial charge is 0.375 e. The summed E-state index contributed by atoms with van der Waals surface area (Å²) >= 11 is 0. The van der Waals surface area contributed by atoms with Gasteiger partial charge in [-0.25, -0.2) is 4.79 Å². The number of aryl methyl sites for hydroxylation is 1. The second-order valence-corrected chi connectivity index (χ2v) is 6.14. The quantitative estimate of drug-likeness (QED) is 0.422. The molecule has 26 heavy (non-hydrogen) atoms. The Morgan fingerprint density at radius 1 is 1.08 bits per heavy atom. The third kappa shape index (κ3) is 2.90. The Hall–Kier alpha value is -3.62. The first kappa shape index (κ1) is 15.9. The highest BCUT2D eigenvalue weighted by Gasteiger charge is 2.22. The number of nitrogens with one attached hydrogen (secondary N) is 4. The number of fused-ring (bicyclic) bond motifs is 2. The van der Waals surface area contributed by atoms with E-state index in [2.05, 4.69) is 20.6 Å². The molecule has 2 aromatic carbocycles. The van der Waals surface area contributed by atoms with Crippen LogP contribution in [0.25, 0.3) is 11.0 Å². The van der Waals surface area contributed by atoms with E-state index in [0.29, 0.717) is 41.8 Å². The van der Waals surface area contributed by atoms with Gasteiger partial charge in [0.05, 0.1) is 16.0 Å². The molecule has 0 saturated carbocycles. The highest BCUT2D eigenvalue weighted by Crippen LogP contribution is 2.34. The Labute approximate surface area is 146 Å². The number of H-pyrrole nitrogens is 2. The number of rotatable bonds is 4. The number of benzene rings is 2. The monoisotopic (exact) mass is 353 g/mol. The van der Waals surface area contributed by atoms with E-state index in [1.807, 2.05) is 6.07 Å². The van der Waals surface area contributed by atoms with Crippen molar-refractivity contribution in [2.75, 3.05) is 10.6 Å². The van der Waals surface area contributed by atoms with Gasteiger partial charge in [-0.15, -0.1) is 0 Å². The van der Waals surface area contributed by atoms with Gasteiger partial charge in [0.1, 0.15) is 5.69 Å². The summed E-state index contributed by atoms with van der Waals surface area (Å²) in [6.07, 6.45) is 0.811. The first-order valence-electron chi connectivity index (χ1n) is 8.05. The predicted octanol–water partition coefficient (Wildman–Crippen LogP) is 2.26. The van der Waals surface area contributed by atoms with Gasteiger partial charge >= 0.3 is 5.69 Å². The standard InChI is InChI=1S/C17H15N5O4/c23-16-4-2-10-6-15(22(25)26)14(7-12(10)19-16)18-8-9-1-3-11-13(5-9)21-17(24)20-11/h1,3,5-7,18H,2,4,8H2,(H,19,23)(H2,20,21,24). The lowest BCUT2D eigenvalue weighted by atomic mass is 10.0. The molecule has 4 rings (SSSR count). The molecule has 0 bridgehead atoms. The molecule has 1 aliphatic rings. The third-order valence-corrected chi connectivity index (χ3v) is 4.38. The van der Waals surface area contributed by atoms with Crippen LogP contribution in [0.4, 0.5) is 17.1 Å². The summed E-state index contributed by atoms with van der Waals surface area (Å²) in [4.78, 5) is 39.2. The minimum atomic E-state index is -0.439. The van der Waals surface area contributed by atoms with Crippen LogP contribution in [0.3, 0.4) is 0 Å². The highest BCUT2D eigenvalue weighted by atomic mass is 16.6. The van der Waals surface area contributed by atoms with Gasteiger partial charge in [0.15, 0.2) is 0 Å². The Balaban J connectivity index is 1.63. The number of anilines is 2. The number of carbonyl (C=O) groups excluding carboxylic acids is 1. The Bertz CT molecular complexity index is 1100. The van der Waals surface area contributed by atoms with Crippen LogP contribution in [0, 0.1) is 10.1 Å². The van der Waals surface area contributed by atoms with E-state index in [1.54, 1.807) is 18.2 Å². The summed E-state index contributed by atoms with van der Waals surface area (Å²) in [5, 5.41) is 17.2. The van der Waals surface area contributed by atoms with Crippen molar-refractivity contribution in [2.24, 2.45) is 0 Å². The summed E-state index contributed by atoms with van der Waals surface area (Å²) in [6, 6.07) is 8.49. The molecule has 0 saturated heterocycles. The summed E-state index contributed by atoms with van der Waals surface area (Å²) < 4.78 is 0. The molecule has 1 aromatic heterocycles. The second-order valence-electron chi connectivity index (χ2n) is 6.14. The molecule has 132 valence electrons. The van der Waals surface area contributed by atoms with Crippen molar-refractivity contribution in [1.29, 1.82) is 0 Å². The molecule has 9 nitrogen and oxygen atoms in total. The fraction of sp³-hybridized carbons (Fsp3) is 0.176. The number of amides is 1. The van der Waals surface area contributed by atoms with Crippen LogP contribution in [-0.4, -0.2) is 20.8 Å². The van der Waals surface area contributed by atoms with Crippen LogP contribution < -0.4 is 16.3 Å². The van der Waals surface area contributed by atoms with E-state index >= 15 is 0 Å². The number of nitrogens with zero attached hydrogens (tertiary/aromatic N) is 1. The lowest BCUT2D eigenvalue weighted by molar-refractivity contribution is -0.384. The summed E-state index contributed by atoms with van der Waals surface area (Å²) in [7, 11) is 0. The molecular formula is C17H15N5O4. The molecular weight excluding hydrogens is 338 g/mol. The van der Waals surface area contributed by atoms with Gasteiger partial charge in [-0.05, 0) is 35.7 Å². The molecule has 3 aromatic rings. The average molecular weight is 353 g/mol. The van der Waals surface area contributed by atoms with Crippen LogP contribution in [-0.2, 0) is 17.8 Å². The Morgan fingerprint density at radius 3 is 2.69 bits per heavy atom. The molecule has 9 heteroatoms. The molecule has 0 atom stereocenters. The van der Waals surface area contributed by atoms with Crippen molar-refractivity contribution in [3.8, 4) is 0 Å². The Kier molecular flexibility index (Phi) is 3.68. The van der Waals surface area contributed by atoms with Crippen LogP contribution in [0.5, 0.6) is 0 Å². The molecule has 0 unspecified atom stereocenters. The number of nitro benzene ring substituents is 1.